The summed E-state index contributed by atoms with van der Waals surface area (Å²) in [4.78, 5) is 18.9. The fourth-order valence-corrected chi connectivity index (χ4v) is 9.02. The quantitative estimate of drug-likeness (QED) is 0.267. The number of aromatic hydroxyl groups is 1. The van der Waals surface area contributed by atoms with Crippen LogP contribution in [0.4, 0.5) is 14.6 Å². The number of aliphatic hydroxyl groups excluding tert-OH is 1. The lowest BCUT2D eigenvalue weighted by atomic mass is 9.92. The van der Waals surface area contributed by atoms with Crippen LogP contribution in [0.5, 0.6) is 11.8 Å². The number of pyridine rings is 1. The maximum atomic E-state index is 16.9. The van der Waals surface area contributed by atoms with E-state index in [1.165, 1.54) is 12.1 Å². The van der Waals surface area contributed by atoms with Crippen LogP contribution >= 0.6 is 0 Å². The van der Waals surface area contributed by atoms with E-state index in [4.69, 9.17) is 9.72 Å². The number of phenols is 1. The van der Waals surface area contributed by atoms with Gasteiger partial charge in [0, 0.05) is 30.4 Å². The number of benzene rings is 2. The minimum absolute atomic E-state index is 0.0125. The molecule has 8 rings (SSSR count). The lowest BCUT2D eigenvalue weighted by Gasteiger charge is -2.38. The van der Waals surface area contributed by atoms with E-state index in [9.17, 15) is 14.6 Å². The van der Waals surface area contributed by atoms with Gasteiger partial charge in [-0.05, 0) is 98.4 Å². The molecule has 2 bridgehead atoms. The summed E-state index contributed by atoms with van der Waals surface area (Å²) in [5.41, 5.74) is 0.754. The van der Waals surface area contributed by atoms with Crippen molar-refractivity contribution in [3.8, 4) is 23.0 Å². The monoisotopic (exact) mass is 615 g/mol. The molecule has 6 heterocycles. The van der Waals surface area contributed by atoms with Crippen LogP contribution in [-0.2, 0) is 6.42 Å². The second kappa shape index (κ2) is 10.7. The van der Waals surface area contributed by atoms with E-state index in [0.29, 0.717) is 64.9 Å². The third-order valence-corrected chi connectivity index (χ3v) is 10.8. The Labute approximate surface area is 261 Å². The van der Waals surface area contributed by atoms with Crippen molar-refractivity contribution < 1.29 is 23.7 Å². The number of nitrogens with zero attached hydrogens (tertiary/aromatic N) is 5. The first-order valence-corrected chi connectivity index (χ1v) is 16.4. The van der Waals surface area contributed by atoms with Crippen molar-refractivity contribution in [2.75, 3.05) is 24.6 Å². The highest BCUT2D eigenvalue weighted by molar-refractivity contribution is 6.01. The van der Waals surface area contributed by atoms with E-state index in [2.05, 4.69) is 26.7 Å². The van der Waals surface area contributed by atoms with Gasteiger partial charge in [0.2, 0.25) is 0 Å². The molecule has 4 saturated heterocycles. The summed E-state index contributed by atoms with van der Waals surface area (Å²) in [6.45, 7) is 6.66. The van der Waals surface area contributed by atoms with Gasteiger partial charge < -0.3 is 19.8 Å². The van der Waals surface area contributed by atoms with Crippen LogP contribution in [0.3, 0.4) is 0 Å². The number of halogens is 2. The molecule has 236 valence electrons. The Hall–Kier alpha value is -3.63. The lowest BCUT2D eigenvalue weighted by molar-refractivity contribution is 0.107. The highest BCUT2D eigenvalue weighted by Gasteiger charge is 2.48. The predicted molar refractivity (Wildman–Crippen MR) is 169 cm³/mol. The molecular formula is C35H39F2N5O3. The van der Waals surface area contributed by atoms with E-state index < -0.39 is 5.82 Å². The molecule has 45 heavy (non-hydrogen) atoms. The summed E-state index contributed by atoms with van der Waals surface area (Å²) in [5.74, 6) is 0.0448. The molecule has 0 saturated carbocycles. The smallest absolute Gasteiger partial charge is 0.319 e. The first kappa shape index (κ1) is 28.8. The molecule has 4 aliphatic rings. The number of hydrogen-bond donors (Lipinski definition) is 2. The molecule has 0 amide bonds. The fraction of sp³-hybridized carbons (Fsp3) is 0.514. The second-order valence-electron chi connectivity index (χ2n) is 13.8. The summed E-state index contributed by atoms with van der Waals surface area (Å²) < 4.78 is 38.3. The van der Waals surface area contributed by atoms with Crippen molar-refractivity contribution in [2.24, 2.45) is 5.92 Å². The molecule has 0 aliphatic carbocycles. The molecule has 4 aliphatic heterocycles. The average molecular weight is 616 g/mol. The third kappa shape index (κ3) is 4.62. The fourth-order valence-electron chi connectivity index (χ4n) is 9.02. The van der Waals surface area contributed by atoms with Crippen LogP contribution in [0.15, 0.2) is 30.5 Å². The standard InChI is InChI=1S/C35H39F2N5O3/c1-3-25-28(36)8-5-20-11-23(43)14-26(29(20)25)31-30(37)32-27(16-38-31)33(42-21-6-7-22(42)13-24(44)12-21)40-34(39-32)45-18-35-9-4-10-41(35)17-19(2)15-35/h5,8,11,14,16,19,21-22,24,43-44H,3-4,6-7,9-10,12-13,15,17-18H2,1-2H3/t19-,21-,22+,24-,35+/m1/s1. The third-order valence-electron chi connectivity index (χ3n) is 10.8. The number of aryl methyl sites for hydroxylation is 1. The number of aromatic nitrogens is 3. The summed E-state index contributed by atoms with van der Waals surface area (Å²) in [6.07, 6.45) is 7.94. The van der Waals surface area contributed by atoms with Crippen molar-refractivity contribution >= 4 is 27.5 Å². The number of fused-ring (bicyclic) bond motifs is 5. The highest BCUT2D eigenvalue weighted by Crippen LogP contribution is 2.45. The predicted octanol–water partition coefficient (Wildman–Crippen LogP) is 6.14. The summed E-state index contributed by atoms with van der Waals surface area (Å²) in [6, 6.07) is 6.25. The molecule has 2 aromatic heterocycles. The second-order valence-corrected chi connectivity index (χ2v) is 13.8. The van der Waals surface area contributed by atoms with Gasteiger partial charge >= 0.3 is 6.01 Å². The molecular weight excluding hydrogens is 576 g/mol. The molecule has 8 nitrogen and oxygen atoms in total. The highest BCUT2D eigenvalue weighted by atomic mass is 19.1. The van der Waals surface area contributed by atoms with Gasteiger partial charge in [-0.25, -0.2) is 8.78 Å². The van der Waals surface area contributed by atoms with Gasteiger partial charge in [-0.3, -0.25) is 9.88 Å². The van der Waals surface area contributed by atoms with Crippen molar-refractivity contribution in [3.05, 3.63) is 47.7 Å². The largest absolute Gasteiger partial charge is 0.508 e. The Morgan fingerprint density at radius 1 is 1.11 bits per heavy atom. The van der Waals surface area contributed by atoms with Crippen LogP contribution in [0, 0.1) is 17.6 Å². The van der Waals surface area contributed by atoms with Crippen molar-refractivity contribution in [1.29, 1.82) is 0 Å². The summed E-state index contributed by atoms with van der Waals surface area (Å²) in [5, 5.41) is 22.7. The van der Waals surface area contributed by atoms with Crippen molar-refractivity contribution in [2.45, 2.75) is 88.9 Å². The Kier molecular flexibility index (Phi) is 6.87. The molecule has 5 atom stereocenters. The molecule has 0 unspecified atom stereocenters. The van der Waals surface area contributed by atoms with Crippen LogP contribution in [-0.4, -0.2) is 73.5 Å². The topological polar surface area (TPSA) is 94.8 Å². The zero-order chi connectivity index (χ0) is 31.0. The van der Waals surface area contributed by atoms with Crippen molar-refractivity contribution in [3.63, 3.8) is 0 Å². The number of phenolic OH excluding ortho intramolecular Hbond substituents is 1. The number of hydrogen-bond acceptors (Lipinski definition) is 8. The van der Waals surface area contributed by atoms with Gasteiger partial charge in [-0.15, -0.1) is 0 Å². The average Bonchev–Trinajstić information content (AvgIpc) is 3.63. The normalized spacial score (nSPS) is 28.0. The SMILES string of the molecule is CCc1c(F)ccc2cc(O)cc(-c3ncc4c(N5[C@@H]6CC[C@H]5C[C@H](O)C6)nc(OC[C@@]56CCCN5C[C@H](C)C6)nc4c3F)c12. The summed E-state index contributed by atoms with van der Waals surface area (Å²) >= 11 is 0. The van der Waals surface area contributed by atoms with Gasteiger partial charge in [0.05, 0.1) is 17.0 Å². The lowest BCUT2D eigenvalue weighted by Crippen LogP contribution is -2.45. The molecule has 2 N–H and O–H groups in total. The first-order valence-electron chi connectivity index (χ1n) is 16.4. The van der Waals surface area contributed by atoms with E-state index in [1.54, 1.807) is 18.3 Å². The van der Waals surface area contributed by atoms with E-state index >= 15 is 4.39 Å². The minimum atomic E-state index is -0.668. The number of ether oxygens (including phenoxy) is 1. The van der Waals surface area contributed by atoms with E-state index in [-0.39, 0.29) is 52.5 Å². The summed E-state index contributed by atoms with van der Waals surface area (Å²) in [7, 11) is 0. The molecule has 0 spiro atoms. The Balaban J connectivity index is 1.29. The number of anilines is 1. The van der Waals surface area contributed by atoms with Crippen LogP contribution in [0.2, 0.25) is 0 Å². The zero-order valence-electron chi connectivity index (χ0n) is 25.8. The Bertz CT molecular complexity index is 1810. The Morgan fingerprint density at radius 3 is 2.69 bits per heavy atom. The zero-order valence-corrected chi connectivity index (χ0v) is 25.8. The Morgan fingerprint density at radius 2 is 1.91 bits per heavy atom. The van der Waals surface area contributed by atoms with Gasteiger partial charge in [-0.1, -0.05) is 19.9 Å². The maximum absolute atomic E-state index is 16.9. The molecule has 2 aromatic carbocycles. The minimum Gasteiger partial charge on any atom is -0.508 e. The molecule has 4 fully saturated rings. The van der Waals surface area contributed by atoms with Gasteiger partial charge in [0.15, 0.2) is 5.82 Å². The maximum Gasteiger partial charge on any atom is 0.319 e. The van der Waals surface area contributed by atoms with Gasteiger partial charge in [0.1, 0.15) is 35.2 Å². The number of rotatable bonds is 6. The van der Waals surface area contributed by atoms with Crippen LogP contribution in [0.25, 0.3) is 32.9 Å². The van der Waals surface area contributed by atoms with Gasteiger partial charge in [0.25, 0.3) is 0 Å². The van der Waals surface area contributed by atoms with E-state index in [0.717, 1.165) is 45.2 Å². The molecule has 10 heteroatoms. The van der Waals surface area contributed by atoms with E-state index in [1.807, 2.05) is 6.92 Å². The van der Waals surface area contributed by atoms with Gasteiger partial charge in [-0.2, -0.15) is 9.97 Å². The first-order chi connectivity index (χ1) is 21.7. The van der Waals surface area contributed by atoms with Crippen molar-refractivity contribution in [1.82, 2.24) is 19.9 Å². The van der Waals surface area contributed by atoms with Crippen LogP contribution < -0.4 is 9.64 Å². The molecule has 4 aromatic rings. The van der Waals surface area contributed by atoms with Crippen LogP contribution in [0.1, 0.15) is 64.4 Å². The molecule has 0 radical (unpaired) electrons. The number of aliphatic hydroxyl groups is 1. The number of piperidine rings is 1.